The molecule has 0 bridgehead atoms. The third-order valence-electron chi connectivity index (χ3n) is 3.13. The molecule has 1 atom stereocenters. The molecule has 1 aromatic rings. The minimum Gasteiger partial charge on any atom is -0.315 e. The van der Waals surface area contributed by atoms with Crippen LogP contribution in [-0.4, -0.2) is 18.5 Å². The van der Waals surface area contributed by atoms with Crippen molar-refractivity contribution in [2.45, 2.75) is 31.1 Å². The minimum absolute atomic E-state index is 0.358. The van der Waals surface area contributed by atoms with Crippen molar-refractivity contribution < 1.29 is 0 Å². The zero-order valence-corrected chi connectivity index (χ0v) is 10.4. The first kappa shape index (κ1) is 11.9. The third-order valence-corrected chi connectivity index (χ3v) is 3.65. The molecule has 1 N–H and O–H groups in total. The van der Waals surface area contributed by atoms with Crippen molar-refractivity contribution in [1.82, 2.24) is 5.32 Å². The Morgan fingerprint density at radius 2 is 2.00 bits per heavy atom. The predicted octanol–water partition coefficient (Wildman–Crippen LogP) is 3.23. The zero-order valence-electron chi connectivity index (χ0n) is 9.66. The molecule has 0 aliphatic heterocycles. The van der Waals surface area contributed by atoms with E-state index < -0.39 is 0 Å². The fourth-order valence-corrected chi connectivity index (χ4v) is 2.29. The maximum absolute atomic E-state index is 6.21. The van der Waals surface area contributed by atoms with Gasteiger partial charge in [-0.3, -0.25) is 0 Å². The second-order valence-corrected chi connectivity index (χ2v) is 5.21. The van der Waals surface area contributed by atoms with E-state index in [2.05, 4.69) is 35.6 Å². The second kappa shape index (κ2) is 6.27. The Bertz CT molecular complexity index is 295. The van der Waals surface area contributed by atoms with Crippen molar-refractivity contribution >= 4 is 11.6 Å². The molecular formula is C14H20ClN. The van der Waals surface area contributed by atoms with E-state index >= 15 is 0 Å². The number of alkyl halides is 1. The van der Waals surface area contributed by atoms with Crippen LogP contribution in [0.15, 0.2) is 30.3 Å². The van der Waals surface area contributed by atoms with Gasteiger partial charge in [-0.2, -0.15) is 0 Å². The SMILES string of the molecule is ClC(CNCCCc1ccccc1)C1CC1. The first-order chi connectivity index (χ1) is 7.86. The van der Waals surface area contributed by atoms with Crippen molar-refractivity contribution in [3.8, 4) is 0 Å². The van der Waals surface area contributed by atoms with Gasteiger partial charge >= 0.3 is 0 Å². The van der Waals surface area contributed by atoms with E-state index in [4.69, 9.17) is 11.6 Å². The third kappa shape index (κ3) is 4.15. The molecule has 1 fully saturated rings. The van der Waals surface area contributed by atoms with Crippen molar-refractivity contribution in [3.05, 3.63) is 35.9 Å². The molecule has 0 aromatic heterocycles. The number of hydrogen-bond acceptors (Lipinski definition) is 1. The van der Waals surface area contributed by atoms with Crippen molar-refractivity contribution in [2.24, 2.45) is 5.92 Å². The summed E-state index contributed by atoms with van der Waals surface area (Å²) in [5, 5.41) is 3.80. The molecule has 0 amide bonds. The number of aryl methyl sites for hydroxylation is 1. The summed E-state index contributed by atoms with van der Waals surface area (Å²) in [4.78, 5) is 0. The Kier molecular flexibility index (Phi) is 4.68. The van der Waals surface area contributed by atoms with E-state index in [1.165, 1.54) is 24.8 Å². The van der Waals surface area contributed by atoms with Gasteiger partial charge in [0, 0.05) is 11.9 Å². The lowest BCUT2D eigenvalue weighted by atomic mass is 10.1. The van der Waals surface area contributed by atoms with Gasteiger partial charge in [0.25, 0.3) is 0 Å². The molecule has 1 unspecified atom stereocenters. The highest BCUT2D eigenvalue weighted by molar-refractivity contribution is 6.21. The van der Waals surface area contributed by atoms with Gasteiger partial charge in [0.05, 0.1) is 0 Å². The van der Waals surface area contributed by atoms with Crippen molar-refractivity contribution in [3.63, 3.8) is 0 Å². The maximum Gasteiger partial charge on any atom is 0.0488 e. The average Bonchev–Trinajstić information content (AvgIpc) is 3.13. The molecule has 1 aliphatic rings. The molecule has 1 aromatic carbocycles. The highest BCUT2D eigenvalue weighted by Gasteiger charge is 2.28. The Morgan fingerprint density at radius 1 is 1.25 bits per heavy atom. The average molecular weight is 238 g/mol. The lowest BCUT2D eigenvalue weighted by Crippen LogP contribution is -2.25. The van der Waals surface area contributed by atoms with E-state index in [-0.39, 0.29) is 0 Å². The smallest absolute Gasteiger partial charge is 0.0488 e. The van der Waals surface area contributed by atoms with Crippen molar-refractivity contribution in [1.29, 1.82) is 0 Å². The van der Waals surface area contributed by atoms with Crippen LogP contribution in [0, 0.1) is 5.92 Å². The lowest BCUT2D eigenvalue weighted by molar-refractivity contribution is 0.601. The van der Waals surface area contributed by atoms with E-state index in [1.54, 1.807) is 0 Å². The van der Waals surface area contributed by atoms with Gasteiger partial charge in [-0.15, -0.1) is 11.6 Å². The molecular weight excluding hydrogens is 218 g/mol. The van der Waals surface area contributed by atoms with Gasteiger partial charge in [-0.05, 0) is 43.7 Å². The summed E-state index contributed by atoms with van der Waals surface area (Å²) in [6.45, 7) is 2.05. The van der Waals surface area contributed by atoms with Crippen LogP contribution in [0.3, 0.4) is 0 Å². The molecule has 1 nitrogen and oxygen atoms in total. The van der Waals surface area contributed by atoms with E-state index in [1.807, 2.05) is 0 Å². The van der Waals surface area contributed by atoms with Crippen LogP contribution in [0.25, 0.3) is 0 Å². The number of nitrogens with one attached hydrogen (secondary N) is 1. The lowest BCUT2D eigenvalue weighted by Gasteiger charge is -2.09. The van der Waals surface area contributed by atoms with Gasteiger partial charge in [0.15, 0.2) is 0 Å². The number of benzene rings is 1. The van der Waals surface area contributed by atoms with E-state index in [9.17, 15) is 0 Å². The van der Waals surface area contributed by atoms with Gasteiger partial charge in [0.2, 0.25) is 0 Å². The standard InChI is InChI=1S/C14H20ClN/c15-14(13-8-9-13)11-16-10-4-7-12-5-2-1-3-6-12/h1-3,5-6,13-14,16H,4,7-11H2. The summed E-state index contributed by atoms with van der Waals surface area (Å²) in [6.07, 6.45) is 5.02. The number of halogens is 1. The molecule has 2 heteroatoms. The predicted molar refractivity (Wildman–Crippen MR) is 70.0 cm³/mol. The van der Waals surface area contributed by atoms with Crippen LogP contribution in [0.2, 0.25) is 0 Å². The first-order valence-corrected chi connectivity index (χ1v) is 6.68. The van der Waals surface area contributed by atoms with Crippen LogP contribution < -0.4 is 5.32 Å². The van der Waals surface area contributed by atoms with E-state index in [0.29, 0.717) is 5.38 Å². The maximum atomic E-state index is 6.21. The summed E-state index contributed by atoms with van der Waals surface area (Å²) in [5.74, 6) is 0.795. The molecule has 0 heterocycles. The Morgan fingerprint density at radius 3 is 2.69 bits per heavy atom. The first-order valence-electron chi connectivity index (χ1n) is 6.25. The van der Waals surface area contributed by atoms with Crippen LogP contribution >= 0.6 is 11.6 Å². The van der Waals surface area contributed by atoms with Crippen LogP contribution in [0.4, 0.5) is 0 Å². The fourth-order valence-electron chi connectivity index (χ4n) is 1.93. The van der Waals surface area contributed by atoms with Crippen LogP contribution in [0.5, 0.6) is 0 Å². The van der Waals surface area contributed by atoms with Crippen molar-refractivity contribution in [2.75, 3.05) is 13.1 Å². The molecule has 88 valence electrons. The normalized spacial score (nSPS) is 17.3. The fraction of sp³-hybridized carbons (Fsp3) is 0.571. The van der Waals surface area contributed by atoms with Crippen LogP contribution in [0.1, 0.15) is 24.8 Å². The topological polar surface area (TPSA) is 12.0 Å². The minimum atomic E-state index is 0.358. The Hall–Kier alpha value is -0.530. The second-order valence-electron chi connectivity index (χ2n) is 4.65. The molecule has 1 aliphatic carbocycles. The quantitative estimate of drug-likeness (QED) is 0.567. The van der Waals surface area contributed by atoms with Gasteiger partial charge in [-0.25, -0.2) is 0 Å². The summed E-state index contributed by atoms with van der Waals surface area (Å²) in [7, 11) is 0. The van der Waals surface area contributed by atoms with Crippen LogP contribution in [-0.2, 0) is 6.42 Å². The molecule has 2 rings (SSSR count). The van der Waals surface area contributed by atoms with Gasteiger partial charge in [-0.1, -0.05) is 30.3 Å². The summed E-state index contributed by atoms with van der Waals surface area (Å²) in [5.41, 5.74) is 1.42. The summed E-state index contributed by atoms with van der Waals surface area (Å²) < 4.78 is 0. The largest absolute Gasteiger partial charge is 0.315 e. The molecule has 1 saturated carbocycles. The van der Waals surface area contributed by atoms with E-state index in [0.717, 1.165) is 25.4 Å². The Balaban J connectivity index is 1.52. The highest BCUT2D eigenvalue weighted by atomic mass is 35.5. The summed E-state index contributed by atoms with van der Waals surface area (Å²) in [6, 6.07) is 10.6. The number of hydrogen-bond donors (Lipinski definition) is 1. The monoisotopic (exact) mass is 237 g/mol. The molecule has 0 saturated heterocycles. The zero-order chi connectivity index (χ0) is 11.2. The molecule has 16 heavy (non-hydrogen) atoms. The summed E-state index contributed by atoms with van der Waals surface area (Å²) >= 11 is 6.21. The number of rotatable bonds is 7. The van der Waals surface area contributed by atoms with Gasteiger partial charge in [0.1, 0.15) is 0 Å². The molecule has 0 spiro atoms. The Labute approximate surface area is 103 Å². The molecule has 0 radical (unpaired) electrons. The highest BCUT2D eigenvalue weighted by Crippen LogP contribution is 2.35. The van der Waals surface area contributed by atoms with Gasteiger partial charge < -0.3 is 5.32 Å².